The van der Waals surface area contributed by atoms with Crippen molar-refractivity contribution in [2.45, 2.75) is 26.8 Å². The maximum Gasteiger partial charge on any atom is 0.409 e. The van der Waals surface area contributed by atoms with Gasteiger partial charge in [0.05, 0.1) is 13.7 Å². The van der Waals surface area contributed by atoms with Crippen LogP contribution in [0.25, 0.3) is 10.9 Å². The zero-order valence-corrected chi connectivity index (χ0v) is 19.4. The largest absolute Gasteiger partial charge is 0.497 e. The number of piperazine rings is 1. The molecule has 2 heterocycles. The summed E-state index contributed by atoms with van der Waals surface area (Å²) in [5, 5.41) is 3.82. The molecule has 1 saturated heterocycles. The Bertz CT molecular complexity index is 992. The zero-order valence-electron chi connectivity index (χ0n) is 19.4. The lowest BCUT2D eigenvalue weighted by Gasteiger charge is -2.36. The predicted molar refractivity (Wildman–Crippen MR) is 121 cm³/mol. The van der Waals surface area contributed by atoms with E-state index >= 15 is 0 Å². The molecule has 1 aliphatic heterocycles. The van der Waals surface area contributed by atoms with E-state index < -0.39 is 6.04 Å². The molecule has 0 radical (unpaired) electrons. The summed E-state index contributed by atoms with van der Waals surface area (Å²) in [5.74, 6) is 0.175. The van der Waals surface area contributed by atoms with Crippen LogP contribution >= 0.6 is 0 Å². The summed E-state index contributed by atoms with van der Waals surface area (Å²) in [6.45, 7) is 7.53. The number of hydrogen-bond acceptors (Lipinski definition) is 5. The maximum atomic E-state index is 13.2. The highest BCUT2D eigenvalue weighted by Gasteiger charge is 2.32. The molecule has 3 amide bonds. The topological polar surface area (TPSA) is 93.1 Å². The van der Waals surface area contributed by atoms with Gasteiger partial charge < -0.3 is 29.2 Å². The number of fused-ring (bicyclic) bond motifs is 1. The Morgan fingerprint density at radius 2 is 1.72 bits per heavy atom. The van der Waals surface area contributed by atoms with Crippen molar-refractivity contribution in [3.05, 3.63) is 30.0 Å². The maximum absolute atomic E-state index is 13.2. The van der Waals surface area contributed by atoms with Gasteiger partial charge in [-0.05, 0) is 37.1 Å². The van der Waals surface area contributed by atoms with Gasteiger partial charge in [0.25, 0.3) is 5.91 Å². The molecule has 3 rings (SSSR count). The van der Waals surface area contributed by atoms with Crippen molar-refractivity contribution in [1.29, 1.82) is 0 Å². The molecule has 1 fully saturated rings. The predicted octanol–water partition coefficient (Wildman–Crippen LogP) is 2.24. The quantitative estimate of drug-likeness (QED) is 0.738. The number of hydrogen-bond donors (Lipinski definition) is 1. The second-order valence-corrected chi connectivity index (χ2v) is 8.22. The number of rotatable bonds is 6. The van der Waals surface area contributed by atoms with Gasteiger partial charge in [0.2, 0.25) is 5.91 Å². The molecule has 2 aromatic rings. The first kappa shape index (κ1) is 23.4. The van der Waals surface area contributed by atoms with Gasteiger partial charge >= 0.3 is 6.09 Å². The number of carbonyl (C=O) groups is 3. The van der Waals surface area contributed by atoms with Crippen LogP contribution in [-0.2, 0) is 16.6 Å². The molecule has 0 saturated carbocycles. The monoisotopic (exact) mass is 444 g/mol. The van der Waals surface area contributed by atoms with Gasteiger partial charge in [-0.1, -0.05) is 13.8 Å². The molecule has 1 N–H and O–H groups in total. The van der Waals surface area contributed by atoms with E-state index in [1.165, 1.54) is 0 Å². The van der Waals surface area contributed by atoms with Crippen LogP contribution in [0.15, 0.2) is 24.3 Å². The summed E-state index contributed by atoms with van der Waals surface area (Å²) >= 11 is 0. The van der Waals surface area contributed by atoms with Crippen LogP contribution in [0.1, 0.15) is 31.3 Å². The van der Waals surface area contributed by atoms with Gasteiger partial charge in [0.1, 0.15) is 17.5 Å². The summed E-state index contributed by atoms with van der Waals surface area (Å²) in [6.07, 6.45) is -0.360. The molecule has 1 aromatic heterocycles. The van der Waals surface area contributed by atoms with Crippen LogP contribution in [0.2, 0.25) is 0 Å². The number of methoxy groups -OCH3 is 1. The van der Waals surface area contributed by atoms with Crippen LogP contribution in [0.3, 0.4) is 0 Å². The van der Waals surface area contributed by atoms with Crippen LogP contribution in [0.5, 0.6) is 5.75 Å². The van der Waals surface area contributed by atoms with Gasteiger partial charge in [-0.2, -0.15) is 0 Å². The van der Waals surface area contributed by atoms with Crippen molar-refractivity contribution in [2.24, 2.45) is 13.0 Å². The third kappa shape index (κ3) is 4.81. The molecule has 174 valence electrons. The minimum atomic E-state index is -0.663. The standard InChI is InChI=1S/C23H32N4O5/c1-6-32-23(30)27-11-9-26(10-12-27)22(29)20(15(2)3)24-21(28)19-14-16-13-17(31-5)7-8-18(16)25(19)4/h7-8,13-15,20H,6,9-12H2,1-5H3,(H,24,28)/t20-/m1/s1. The molecule has 32 heavy (non-hydrogen) atoms. The number of benzene rings is 1. The number of aromatic nitrogens is 1. The zero-order chi connectivity index (χ0) is 23.4. The number of nitrogens with one attached hydrogen (secondary N) is 1. The highest BCUT2D eigenvalue weighted by molar-refractivity contribution is 6.01. The SMILES string of the molecule is CCOC(=O)N1CCN(C(=O)[C@H](NC(=O)c2cc3cc(OC)ccc3n2C)C(C)C)CC1. The Morgan fingerprint density at radius 1 is 1.06 bits per heavy atom. The highest BCUT2D eigenvalue weighted by atomic mass is 16.6. The number of carbonyl (C=O) groups excluding carboxylic acids is 3. The van der Waals surface area contributed by atoms with E-state index in [1.54, 1.807) is 29.9 Å². The Morgan fingerprint density at radius 3 is 2.31 bits per heavy atom. The van der Waals surface area contributed by atoms with Gasteiger partial charge in [-0.15, -0.1) is 0 Å². The minimum absolute atomic E-state index is 0.0932. The van der Waals surface area contributed by atoms with Gasteiger partial charge in [-0.3, -0.25) is 9.59 Å². The lowest BCUT2D eigenvalue weighted by atomic mass is 10.0. The first-order valence-corrected chi connectivity index (χ1v) is 10.9. The average molecular weight is 445 g/mol. The van der Waals surface area contributed by atoms with Crippen molar-refractivity contribution in [2.75, 3.05) is 39.9 Å². The molecule has 0 spiro atoms. The number of ether oxygens (including phenoxy) is 2. The summed E-state index contributed by atoms with van der Waals surface area (Å²) < 4.78 is 12.1. The Hall–Kier alpha value is -3.23. The van der Waals surface area contributed by atoms with E-state index in [0.717, 1.165) is 10.9 Å². The fraction of sp³-hybridized carbons (Fsp3) is 0.522. The normalized spacial score (nSPS) is 15.1. The van der Waals surface area contributed by atoms with E-state index in [2.05, 4.69) is 5.32 Å². The fourth-order valence-electron chi connectivity index (χ4n) is 3.92. The third-order valence-corrected chi connectivity index (χ3v) is 5.82. The van der Waals surface area contributed by atoms with Gasteiger partial charge in [0.15, 0.2) is 0 Å². The second kappa shape index (κ2) is 9.93. The molecule has 1 aliphatic rings. The third-order valence-electron chi connectivity index (χ3n) is 5.82. The summed E-state index contributed by atoms with van der Waals surface area (Å²) in [4.78, 5) is 41.5. The molecule has 0 unspecified atom stereocenters. The molecular weight excluding hydrogens is 412 g/mol. The summed E-state index contributed by atoms with van der Waals surface area (Å²) in [7, 11) is 3.42. The number of aryl methyl sites for hydroxylation is 1. The molecule has 9 heteroatoms. The Balaban J connectivity index is 1.71. The van der Waals surface area contributed by atoms with Crippen molar-refractivity contribution >= 4 is 28.8 Å². The summed E-state index contributed by atoms with van der Waals surface area (Å²) in [5.41, 5.74) is 1.37. The van der Waals surface area contributed by atoms with E-state index in [-0.39, 0.29) is 23.8 Å². The lowest BCUT2D eigenvalue weighted by Crippen LogP contribution is -2.57. The lowest BCUT2D eigenvalue weighted by molar-refractivity contribution is -0.135. The molecule has 0 aliphatic carbocycles. The first-order chi connectivity index (χ1) is 15.3. The molecule has 9 nitrogen and oxygen atoms in total. The van der Waals surface area contributed by atoms with E-state index in [0.29, 0.717) is 44.2 Å². The Kier molecular flexibility index (Phi) is 7.27. The fourth-order valence-corrected chi connectivity index (χ4v) is 3.92. The molecular formula is C23H32N4O5. The van der Waals surface area contributed by atoms with Crippen LogP contribution in [0.4, 0.5) is 4.79 Å². The molecule has 1 aromatic carbocycles. The molecule has 1 atom stereocenters. The van der Waals surface area contributed by atoms with Crippen molar-refractivity contribution in [3.63, 3.8) is 0 Å². The van der Waals surface area contributed by atoms with E-state index in [1.807, 2.05) is 43.7 Å². The average Bonchev–Trinajstić information content (AvgIpc) is 3.12. The van der Waals surface area contributed by atoms with Crippen molar-refractivity contribution < 1.29 is 23.9 Å². The van der Waals surface area contributed by atoms with Gasteiger partial charge in [-0.25, -0.2) is 4.79 Å². The highest BCUT2D eigenvalue weighted by Crippen LogP contribution is 2.24. The first-order valence-electron chi connectivity index (χ1n) is 10.9. The van der Waals surface area contributed by atoms with Gasteiger partial charge in [0, 0.05) is 44.1 Å². The van der Waals surface area contributed by atoms with Crippen molar-refractivity contribution in [1.82, 2.24) is 19.7 Å². The minimum Gasteiger partial charge on any atom is -0.497 e. The Labute approximate surface area is 188 Å². The molecule has 0 bridgehead atoms. The van der Waals surface area contributed by atoms with Crippen LogP contribution < -0.4 is 10.1 Å². The summed E-state index contributed by atoms with van der Waals surface area (Å²) in [6, 6.07) is 6.76. The second-order valence-electron chi connectivity index (χ2n) is 8.22. The smallest absolute Gasteiger partial charge is 0.409 e. The van der Waals surface area contributed by atoms with Crippen molar-refractivity contribution in [3.8, 4) is 5.75 Å². The van der Waals surface area contributed by atoms with E-state index in [9.17, 15) is 14.4 Å². The number of amides is 3. The van der Waals surface area contributed by atoms with Crippen LogP contribution in [-0.4, -0.2) is 78.2 Å². The number of nitrogens with zero attached hydrogens (tertiary/aromatic N) is 3. The van der Waals surface area contributed by atoms with Crippen LogP contribution in [0, 0.1) is 5.92 Å². The van der Waals surface area contributed by atoms with E-state index in [4.69, 9.17) is 9.47 Å².